The van der Waals surface area contributed by atoms with Gasteiger partial charge in [-0.05, 0) is 48.9 Å². The number of rotatable bonds is 4. The topological polar surface area (TPSA) is 57.2 Å². The Hall–Kier alpha value is -2.86. The van der Waals surface area contributed by atoms with Gasteiger partial charge in [0.05, 0.1) is 6.20 Å². The Balaban J connectivity index is 1.42. The molecular formula is C20H21ClN6. The second-order valence-corrected chi connectivity index (χ2v) is 7.02. The molecule has 0 saturated carbocycles. The first-order valence-corrected chi connectivity index (χ1v) is 9.34. The van der Waals surface area contributed by atoms with Gasteiger partial charge in [0.25, 0.3) is 0 Å². The fourth-order valence-corrected chi connectivity index (χ4v) is 3.28. The molecule has 1 N–H and O–H groups in total. The van der Waals surface area contributed by atoms with Gasteiger partial charge in [-0.15, -0.1) is 5.10 Å². The van der Waals surface area contributed by atoms with Crippen molar-refractivity contribution in [2.45, 2.75) is 6.92 Å². The Bertz CT molecular complexity index is 906. The highest BCUT2D eigenvalue weighted by Gasteiger charge is 2.20. The summed E-state index contributed by atoms with van der Waals surface area (Å²) in [6.45, 7) is 5.71. The minimum Gasteiger partial charge on any atom is -0.368 e. The Morgan fingerprint density at radius 2 is 1.70 bits per heavy atom. The van der Waals surface area contributed by atoms with Crippen LogP contribution in [0.1, 0.15) is 5.56 Å². The Labute approximate surface area is 163 Å². The third-order valence-electron chi connectivity index (χ3n) is 4.59. The fraction of sp³-hybridized carbons (Fsp3) is 0.250. The van der Waals surface area contributed by atoms with E-state index in [9.17, 15) is 0 Å². The quantitative estimate of drug-likeness (QED) is 0.740. The molecule has 2 aromatic carbocycles. The third kappa shape index (κ3) is 4.28. The van der Waals surface area contributed by atoms with Gasteiger partial charge in [0, 0.05) is 42.6 Å². The number of aryl methyl sites for hydroxylation is 1. The zero-order valence-corrected chi connectivity index (χ0v) is 15.9. The summed E-state index contributed by atoms with van der Waals surface area (Å²) >= 11 is 5.93. The van der Waals surface area contributed by atoms with Gasteiger partial charge in [-0.25, -0.2) is 0 Å². The number of nitrogens with one attached hydrogen (secondary N) is 1. The van der Waals surface area contributed by atoms with Gasteiger partial charge in [0.1, 0.15) is 0 Å². The molecule has 1 aliphatic rings. The molecule has 3 aromatic rings. The summed E-state index contributed by atoms with van der Waals surface area (Å²) in [6.07, 6.45) is 1.63. The molecule has 0 radical (unpaired) electrons. The van der Waals surface area contributed by atoms with E-state index in [1.807, 2.05) is 24.3 Å². The van der Waals surface area contributed by atoms with E-state index in [4.69, 9.17) is 11.6 Å². The van der Waals surface area contributed by atoms with Gasteiger partial charge in [0.2, 0.25) is 5.95 Å². The predicted octanol–water partition coefficient (Wildman–Crippen LogP) is 3.90. The van der Waals surface area contributed by atoms with Crippen molar-refractivity contribution < 1.29 is 0 Å². The molecule has 1 fully saturated rings. The molecule has 0 bridgehead atoms. The van der Waals surface area contributed by atoms with Crippen molar-refractivity contribution in [1.82, 2.24) is 15.2 Å². The van der Waals surface area contributed by atoms with Gasteiger partial charge in [-0.1, -0.05) is 23.7 Å². The van der Waals surface area contributed by atoms with Crippen LogP contribution in [0.15, 0.2) is 54.7 Å². The van der Waals surface area contributed by atoms with E-state index in [1.54, 1.807) is 6.20 Å². The zero-order valence-electron chi connectivity index (χ0n) is 15.1. The molecule has 7 heteroatoms. The van der Waals surface area contributed by atoms with Crippen LogP contribution in [0.5, 0.6) is 0 Å². The first-order chi connectivity index (χ1) is 13.2. The normalized spacial score (nSPS) is 14.3. The first kappa shape index (κ1) is 17.5. The van der Waals surface area contributed by atoms with Crippen molar-refractivity contribution in [2.24, 2.45) is 0 Å². The highest BCUT2D eigenvalue weighted by molar-refractivity contribution is 6.30. The molecule has 0 amide bonds. The van der Waals surface area contributed by atoms with Crippen molar-refractivity contribution in [3.63, 3.8) is 0 Å². The third-order valence-corrected chi connectivity index (χ3v) is 4.85. The SMILES string of the molecule is Cc1cccc(N2CCN(c3nncc(Nc4ccc(Cl)cc4)n3)CC2)c1. The lowest BCUT2D eigenvalue weighted by atomic mass is 10.2. The van der Waals surface area contributed by atoms with E-state index >= 15 is 0 Å². The van der Waals surface area contributed by atoms with E-state index in [1.165, 1.54) is 11.3 Å². The van der Waals surface area contributed by atoms with Crippen molar-refractivity contribution in [3.05, 3.63) is 65.3 Å². The highest BCUT2D eigenvalue weighted by Crippen LogP contribution is 2.21. The molecule has 2 heterocycles. The van der Waals surface area contributed by atoms with Gasteiger partial charge in [-0.3, -0.25) is 0 Å². The zero-order chi connectivity index (χ0) is 18.6. The minimum absolute atomic E-state index is 0.651. The van der Waals surface area contributed by atoms with E-state index in [0.29, 0.717) is 16.8 Å². The predicted molar refractivity (Wildman–Crippen MR) is 110 cm³/mol. The maximum atomic E-state index is 5.93. The summed E-state index contributed by atoms with van der Waals surface area (Å²) in [5, 5.41) is 12.3. The van der Waals surface area contributed by atoms with Gasteiger partial charge in [0.15, 0.2) is 5.82 Å². The van der Waals surface area contributed by atoms with Crippen LogP contribution < -0.4 is 15.1 Å². The van der Waals surface area contributed by atoms with Crippen LogP contribution >= 0.6 is 11.6 Å². The van der Waals surface area contributed by atoms with Crippen molar-refractivity contribution >= 4 is 34.7 Å². The molecule has 0 aliphatic carbocycles. The number of piperazine rings is 1. The smallest absolute Gasteiger partial charge is 0.247 e. The Morgan fingerprint density at radius 1 is 0.963 bits per heavy atom. The first-order valence-electron chi connectivity index (χ1n) is 8.96. The number of hydrogen-bond donors (Lipinski definition) is 1. The van der Waals surface area contributed by atoms with Crippen LogP contribution in [0.4, 0.5) is 23.1 Å². The number of anilines is 4. The Kier molecular flexibility index (Phi) is 5.07. The maximum absolute atomic E-state index is 5.93. The second-order valence-electron chi connectivity index (χ2n) is 6.59. The molecular weight excluding hydrogens is 360 g/mol. The van der Waals surface area contributed by atoms with Crippen LogP contribution in [0.25, 0.3) is 0 Å². The lowest BCUT2D eigenvalue weighted by Crippen LogP contribution is -2.47. The Morgan fingerprint density at radius 3 is 2.44 bits per heavy atom. The molecule has 1 saturated heterocycles. The van der Waals surface area contributed by atoms with Crippen LogP contribution in [-0.4, -0.2) is 41.4 Å². The number of hydrogen-bond acceptors (Lipinski definition) is 6. The summed E-state index contributed by atoms with van der Waals surface area (Å²) in [6, 6.07) is 16.1. The van der Waals surface area contributed by atoms with E-state index in [0.717, 1.165) is 31.9 Å². The maximum Gasteiger partial charge on any atom is 0.247 e. The molecule has 0 atom stereocenters. The summed E-state index contributed by atoms with van der Waals surface area (Å²) in [5.41, 5.74) is 3.46. The standard InChI is InChI=1S/C20H21ClN6/c1-15-3-2-4-18(13-15)26-9-11-27(12-10-26)20-24-19(14-22-25-20)23-17-7-5-16(21)6-8-17/h2-8,13-14H,9-12H2,1H3,(H,23,24,25). The van der Waals surface area contributed by atoms with E-state index < -0.39 is 0 Å². The molecule has 1 aliphatic heterocycles. The number of benzene rings is 2. The van der Waals surface area contributed by atoms with Crippen LogP contribution in [0.2, 0.25) is 5.02 Å². The molecule has 27 heavy (non-hydrogen) atoms. The molecule has 0 unspecified atom stereocenters. The average Bonchev–Trinajstić information content (AvgIpc) is 2.70. The summed E-state index contributed by atoms with van der Waals surface area (Å²) in [7, 11) is 0. The fourth-order valence-electron chi connectivity index (χ4n) is 3.16. The van der Waals surface area contributed by atoms with Crippen LogP contribution in [0.3, 0.4) is 0 Å². The highest BCUT2D eigenvalue weighted by atomic mass is 35.5. The number of nitrogens with zero attached hydrogens (tertiary/aromatic N) is 5. The summed E-state index contributed by atoms with van der Waals surface area (Å²) < 4.78 is 0. The largest absolute Gasteiger partial charge is 0.368 e. The molecule has 1 aromatic heterocycles. The van der Waals surface area contributed by atoms with Crippen LogP contribution in [0, 0.1) is 6.92 Å². The summed E-state index contributed by atoms with van der Waals surface area (Å²) in [4.78, 5) is 9.18. The number of halogens is 1. The van der Waals surface area contributed by atoms with Crippen molar-refractivity contribution in [2.75, 3.05) is 41.3 Å². The van der Waals surface area contributed by atoms with Crippen LogP contribution in [-0.2, 0) is 0 Å². The molecule has 138 valence electrons. The average molecular weight is 381 g/mol. The van der Waals surface area contributed by atoms with E-state index in [2.05, 4.69) is 61.5 Å². The summed E-state index contributed by atoms with van der Waals surface area (Å²) in [5.74, 6) is 1.32. The van der Waals surface area contributed by atoms with Crippen molar-refractivity contribution in [3.8, 4) is 0 Å². The van der Waals surface area contributed by atoms with Crippen molar-refractivity contribution in [1.29, 1.82) is 0 Å². The number of aromatic nitrogens is 3. The molecule has 4 rings (SSSR count). The lowest BCUT2D eigenvalue weighted by Gasteiger charge is -2.36. The molecule has 6 nitrogen and oxygen atoms in total. The molecule has 0 spiro atoms. The van der Waals surface area contributed by atoms with Gasteiger partial charge in [-0.2, -0.15) is 10.1 Å². The van der Waals surface area contributed by atoms with Gasteiger partial charge < -0.3 is 15.1 Å². The lowest BCUT2D eigenvalue weighted by molar-refractivity contribution is 0.635. The second kappa shape index (κ2) is 7.80. The van der Waals surface area contributed by atoms with E-state index in [-0.39, 0.29) is 0 Å². The monoisotopic (exact) mass is 380 g/mol. The van der Waals surface area contributed by atoms with Gasteiger partial charge >= 0.3 is 0 Å². The minimum atomic E-state index is 0.651.